The van der Waals surface area contributed by atoms with Crippen LogP contribution in [0.1, 0.15) is 35.3 Å². The van der Waals surface area contributed by atoms with E-state index in [4.69, 9.17) is 0 Å². The highest BCUT2D eigenvalue weighted by Crippen LogP contribution is 2.35. The first-order valence-electron chi connectivity index (χ1n) is 8.39. The third-order valence-electron chi connectivity index (χ3n) is 4.46. The Kier molecular flexibility index (Phi) is 4.81. The number of carbonyl (C=O) groups excluding carboxylic acids is 1. The molecule has 0 fully saturated rings. The van der Waals surface area contributed by atoms with E-state index in [-0.39, 0.29) is 17.7 Å². The summed E-state index contributed by atoms with van der Waals surface area (Å²) in [6.07, 6.45) is 0.619. The number of sulfonamides is 1. The van der Waals surface area contributed by atoms with Crippen LogP contribution in [0.4, 0.5) is 5.69 Å². The van der Waals surface area contributed by atoms with Gasteiger partial charge in [0.15, 0.2) is 0 Å². The SMILES string of the molecule is CCS(=O)(=O)N1c2ccc(C(=O)NCc3ccccc3)cc2C[C@@H]1C. The summed E-state index contributed by atoms with van der Waals surface area (Å²) in [6.45, 7) is 4.00. The average Bonchev–Trinajstić information content (AvgIpc) is 2.96. The number of amides is 1. The molecule has 0 aliphatic carbocycles. The van der Waals surface area contributed by atoms with E-state index in [0.29, 0.717) is 24.2 Å². The normalized spacial score (nSPS) is 16.6. The maximum absolute atomic E-state index is 12.4. The van der Waals surface area contributed by atoms with E-state index in [1.165, 1.54) is 4.31 Å². The van der Waals surface area contributed by atoms with Gasteiger partial charge in [0, 0.05) is 18.2 Å². The highest BCUT2D eigenvalue weighted by Gasteiger charge is 2.34. The summed E-state index contributed by atoms with van der Waals surface area (Å²) in [7, 11) is -3.31. The van der Waals surface area contributed by atoms with Crippen molar-refractivity contribution in [3.63, 3.8) is 0 Å². The zero-order valence-electron chi connectivity index (χ0n) is 14.4. The molecule has 2 aromatic rings. The van der Waals surface area contributed by atoms with Crippen LogP contribution in [0.15, 0.2) is 48.5 Å². The minimum absolute atomic E-state index is 0.0656. The molecule has 1 atom stereocenters. The van der Waals surface area contributed by atoms with Gasteiger partial charge in [-0.2, -0.15) is 0 Å². The van der Waals surface area contributed by atoms with E-state index in [2.05, 4.69) is 5.32 Å². The predicted octanol–water partition coefficient (Wildman–Crippen LogP) is 2.72. The van der Waals surface area contributed by atoms with Crippen molar-refractivity contribution in [1.82, 2.24) is 5.32 Å². The first-order valence-corrected chi connectivity index (χ1v) is 10.0. The molecule has 3 rings (SSSR count). The van der Waals surface area contributed by atoms with Crippen LogP contribution in [0.2, 0.25) is 0 Å². The summed E-state index contributed by atoms with van der Waals surface area (Å²) >= 11 is 0. The van der Waals surface area contributed by atoms with E-state index >= 15 is 0 Å². The molecule has 0 spiro atoms. The van der Waals surface area contributed by atoms with E-state index < -0.39 is 10.0 Å². The number of hydrogen-bond donors (Lipinski definition) is 1. The Morgan fingerprint density at radius 1 is 1.20 bits per heavy atom. The first kappa shape index (κ1) is 17.5. The fourth-order valence-electron chi connectivity index (χ4n) is 3.19. The summed E-state index contributed by atoms with van der Waals surface area (Å²) in [4.78, 5) is 12.4. The molecule has 1 aliphatic rings. The largest absolute Gasteiger partial charge is 0.348 e. The molecule has 5 nitrogen and oxygen atoms in total. The summed E-state index contributed by atoms with van der Waals surface area (Å²) in [5, 5.41) is 2.90. The second-order valence-electron chi connectivity index (χ2n) is 6.26. The van der Waals surface area contributed by atoms with Crippen molar-refractivity contribution >= 4 is 21.6 Å². The Bertz CT molecular complexity index is 879. The molecule has 1 N–H and O–H groups in total. The molecule has 0 saturated carbocycles. The fourth-order valence-corrected chi connectivity index (χ4v) is 4.57. The average molecular weight is 358 g/mol. The van der Waals surface area contributed by atoms with Crippen LogP contribution in [0.3, 0.4) is 0 Å². The number of benzene rings is 2. The molecule has 1 amide bonds. The minimum Gasteiger partial charge on any atom is -0.348 e. The lowest BCUT2D eigenvalue weighted by Gasteiger charge is -2.23. The molecule has 132 valence electrons. The zero-order chi connectivity index (χ0) is 18.0. The van der Waals surface area contributed by atoms with Gasteiger partial charge in [0.05, 0.1) is 11.4 Å². The summed E-state index contributed by atoms with van der Waals surface area (Å²) in [5.41, 5.74) is 3.18. The van der Waals surface area contributed by atoms with Gasteiger partial charge in [0.25, 0.3) is 5.91 Å². The maximum Gasteiger partial charge on any atom is 0.251 e. The number of nitrogens with one attached hydrogen (secondary N) is 1. The first-order chi connectivity index (χ1) is 11.9. The fraction of sp³-hybridized carbons (Fsp3) is 0.316. The number of fused-ring (bicyclic) bond motifs is 1. The zero-order valence-corrected chi connectivity index (χ0v) is 15.2. The van der Waals surface area contributed by atoms with Crippen LogP contribution in [0, 0.1) is 0 Å². The molecule has 0 radical (unpaired) electrons. The third kappa shape index (κ3) is 3.54. The molecule has 6 heteroatoms. The van der Waals surface area contributed by atoms with Crippen LogP contribution in [0.5, 0.6) is 0 Å². The molecule has 0 saturated heterocycles. The van der Waals surface area contributed by atoms with Crippen molar-refractivity contribution in [2.24, 2.45) is 0 Å². The molecule has 0 unspecified atom stereocenters. The van der Waals surface area contributed by atoms with Gasteiger partial charge in [-0.05, 0) is 49.6 Å². The van der Waals surface area contributed by atoms with Gasteiger partial charge in [-0.3, -0.25) is 9.10 Å². The Labute approximate surface area is 148 Å². The summed E-state index contributed by atoms with van der Waals surface area (Å²) in [6, 6.07) is 14.8. The van der Waals surface area contributed by atoms with E-state index in [1.54, 1.807) is 25.1 Å². The van der Waals surface area contributed by atoms with Crippen molar-refractivity contribution in [2.75, 3.05) is 10.1 Å². The Morgan fingerprint density at radius 2 is 1.92 bits per heavy atom. The third-order valence-corrected chi connectivity index (χ3v) is 6.34. The highest BCUT2D eigenvalue weighted by molar-refractivity contribution is 7.92. The van der Waals surface area contributed by atoms with Gasteiger partial charge >= 0.3 is 0 Å². The minimum atomic E-state index is -3.31. The van der Waals surface area contributed by atoms with Crippen molar-refractivity contribution in [1.29, 1.82) is 0 Å². The van der Waals surface area contributed by atoms with Crippen molar-refractivity contribution in [2.45, 2.75) is 32.9 Å². The van der Waals surface area contributed by atoms with Crippen LogP contribution in [-0.2, 0) is 23.0 Å². The Morgan fingerprint density at radius 3 is 2.60 bits per heavy atom. The van der Waals surface area contributed by atoms with Crippen molar-refractivity contribution < 1.29 is 13.2 Å². The van der Waals surface area contributed by atoms with E-state index in [9.17, 15) is 13.2 Å². The van der Waals surface area contributed by atoms with Gasteiger partial charge < -0.3 is 5.32 Å². The molecular weight excluding hydrogens is 336 g/mol. The van der Waals surface area contributed by atoms with Gasteiger partial charge in [-0.25, -0.2) is 8.42 Å². The molecule has 0 bridgehead atoms. The van der Waals surface area contributed by atoms with Gasteiger partial charge in [0.1, 0.15) is 0 Å². The summed E-state index contributed by atoms with van der Waals surface area (Å²) < 4.78 is 26.1. The lowest BCUT2D eigenvalue weighted by Crippen LogP contribution is -2.36. The lowest BCUT2D eigenvalue weighted by atomic mass is 10.1. The lowest BCUT2D eigenvalue weighted by molar-refractivity contribution is 0.0951. The van der Waals surface area contributed by atoms with Gasteiger partial charge in [-0.15, -0.1) is 0 Å². The second kappa shape index (κ2) is 6.88. The number of nitrogens with zero attached hydrogens (tertiary/aromatic N) is 1. The second-order valence-corrected chi connectivity index (χ2v) is 8.40. The molecule has 2 aromatic carbocycles. The van der Waals surface area contributed by atoms with Crippen molar-refractivity contribution in [3.8, 4) is 0 Å². The molecule has 1 heterocycles. The molecule has 25 heavy (non-hydrogen) atoms. The summed E-state index contributed by atoms with van der Waals surface area (Å²) in [5.74, 6) is -0.0908. The number of anilines is 1. The van der Waals surface area contributed by atoms with Crippen LogP contribution >= 0.6 is 0 Å². The molecule has 1 aliphatic heterocycles. The van der Waals surface area contributed by atoms with Gasteiger partial charge in [-0.1, -0.05) is 30.3 Å². The van der Waals surface area contributed by atoms with Crippen LogP contribution in [-0.4, -0.2) is 26.1 Å². The van der Waals surface area contributed by atoms with Crippen LogP contribution < -0.4 is 9.62 Å². The Hall–Kier alpha value is -2.34. The number of rotatable bonds is 5. The van der Waals surface area contributed by atoms with E-state index in [0.717, 1.165) is 11.1 Å². The molecule has 0 aromatic heterocycles. The topological polar surface area (TPSA) is 66.5 Å². The standard InChI is InChI=1S/C19H22N2O3S/c1-3-25(23,24)21-14(2)11-17-12-16(9-10-18(17)21)19(22)20-13-15-7-5-4-6-8-15/h4-10,12,14H,3,11,13H2,1-2H3,(H,20,22)/t14-/m0/s1. The quantitative estimate of drug-likeness (QED) is 0.894. The smallest absolute Gasteiger partial charge is 0.251 e. The number of carbonyl (C=O) groups is 1. The Balaban J connectivity index is 1.78. The number of hydrogen-bond acceptors (Lipinski definition) is 3. The molecular formula is C19H22N2O3S. The van der Waals surface area contributed by atoms with E-state index in [1.807, 2.05) is 37.3 Å². The van der Waals surface area contributed by atoms with Gasteiger partial charge in [0.2, 0.25) is 10.0 Å². The maximum atomic E-state index is 12.4. The monoisotopic (exact) mass is 358 g/mol. The van der Waals surface area contributed by atoms with Crippen molar-refractivity contribution in [3.05, 3.63) is 65.2 Å². The van der Waals surface area contributed by atoms with Crippen LogP contribution in [0.25, 0.3) is 0 Å². The predicted molar refractivity (Wildman–Crippen MR) is 99.2 cm³/mol. The highest BCUT2D eigenvalue weighted by atomic mass is 32.2.